The molecule has 3 aromatic rings. The third kappa shape index (κ3) is 6.14. The van der Waals surface area contributed by atoms with Crippen LogP contribution in [0, 0.1) is 0 Å². The molecular formula is C23H20BrCl2NO3. The van der Waals surface area contributed by atoms with E-state index in [0.29, 0.717) is 35.4 Å². The van der Waals surface area contributed by atoms with Crippen LogP contribution in [0.25, 0.3) is 0 Å². The van der Waals surface area contributed by atoms with E-state index in [-0.39, 0.29) is 5.97 Å². The summed E-state index contributed by atoms with van der Waals surface area (Å²) in [5.74, 6) is 0.439. The van der Waals surface area contributed by atoms with Gasteiger partial charge in [-0.1, -0.05) is 45.2 Å². The maximum atomic E-state index is 11.8. The second-order valence-corrected chi connectivity index (χ2v) is 8.17. The average molecular weight is 509 g/mol. The summed E-state index contributed by atoms with van der Waals surface area (Å²) in [6.07, 6.45) is 0. The monoisotopic (exact) mass is 507 g/mol. The molecule has 7 heteroatoms. The van der Waals surface area contributed by atoms with Crippen LogP contribution in [0.2, 0.25) is 10.0 Å². The molecule has 156 valence electrons. The molecule has 0 aliphatic carbocycles. The Labute approximate surface area is 194 Å². The number of anilines is 1. The molecular weight excluding hydrogens is 489 g/mol. The molecule has 0 bridgehead atoms. The van der Waals surface area contributed by atoms with Crippen molar-refractivity contribution in [1.82, 2.24) is 0 Å². The van der Waals surface area contributed by atoms with Gasteiger partial charge in [0.05, 0.1) is 22.2 Å². The van der Waals surface area contributed by atoms with Crippen molar-refractivity contribution in [2.75, 3.05) is 11.9 Å². The number of nitrogens with one attached hydrogen (secondary N) is 1. The zero-order valence-corrected chi connectivity index (χ0v) is 19.4. The Hall–Kier alpha value is -2.21. The van der Waals surface area contributed by atoms with E-state index in [2.05, 4.69) is 21.2 Å². The van der Waals surface area contributed by atoms with Gasteiger partial charge in [-0.3, -0.25) is 0 Å². The Morgan fingerprint density at radius 2 is 1.77 bits per heavy atom. The molecule has 4 nitrogen and oxygen atoms in total. The minimum atomic E-state index is -0.325. The smallest absolute Gasteiger partial charge is 0.338 e. The molecule has 0 atom stereocenters. The van der Waals surface area contributed by atoms with Crippen LogP contribution in [-0.2, 0) is 17.9 Å². The molecule has 3 aromatic carbocycles. The van der Waals surface area contributed by atoms with E-state index in [4.69, 9.17) is 32.7 Å². The summed E-state index contributed by atoms with van der Waals surface area (Å²) < 4.78 is 12.0. The molecule has 0 aliphatic heterocycles. The lowest BCUT2D eigenvalue weighted by atomic mass is 10.1. The fourth-order valence-electron chi connectivity index (χ4n) is 2.75. The molecule has 0 unspecified atom stereocenters. The van der Waals surface area contributed by atoms with Gasteiger partial charge in [0.25, 0.3) is 0 Å². The van der Waals surface area contributed by atoms with E-state index in [1.165, 1.54) is 0 Å². The normalized spacial score (nSPS) is 10.5. The van der Waals surface area contributed by atoms with Crippen molar-refractivity contribution in [3.05, 3.63) is 91.9 Å². The Morgan fingerprint density at radius 3 is 2.47 bits per heavy atom. The van der Waals surface area contributed by atoms with Crippen LogP contribution in [0.1, 0.15) is 28.4 Å². The van der Waals surface area contributed by atoms with Gasteiger partial charge in [-0.05, 0) is 67.1 Å². The van der Waals surface area contributed by atoms with Crippen LogP contribution in [0.15, 0.2) is 65.1 Å². The Bertz CT molecular complexity index is 1030. The van der Waals surface area contributed by atoms with Crippen molar-refractivity contribution in [2.24, 2.45) is 0 Å². The minimum Gasteiger partial charge on any atom is -0.489 e. The molecule has 0 heterocycles. The fraction of sp³-hybridized carbons (Fsp3) is 0.174. The molecule has 0 amide bonds. The highest BCUT2D eigenvalue weighted by molar-refractivity contribution is 9.10. The number of hydrogen-bond donors (Lipinski definition) is 1. The number of esters is 1. The van der Waals surface area contributed by atoms with E-state index in [9.17, 15) is 4.79 Å². The molecule has 0 saturated carbocycles. The Balaban J connectivity index is 1.66. The van der Waals surface area contributed by atoms with Crippen LogP contribution in [0.5, 0.6) is 5.75 Å². The lowest BCUT2D eigenvalue weighted by Gasteiger charge is -2.14. The van der Waals surface area contributed by atoms with Crippen molar-refractivity contribution >= 4 is 50.8 Å². The number of carbonyl (C=O) groups excluding carboxylic acids is 1. The highest BCUT2D eigenvalue weighted by atomic mass is 79.9. The lowest BCUT2D eigenvalue weighted by molar-refractivity contribution is 0.0526. The summed E-state index contributed by atoms with van der Waals surface area (Å²) in [7, 11) is 0. The summed E-state index contributed by atoms with van der Waals surface area (Å²) >= 11 is 15.6. The van der Waals surface area contributed by atoms with Crippen LogP contribution < -0.4 is 10.1 Å². The quantitative estimate of drug-likeness (QED) is 0.329. The van der Waals surface area contributed by atoms with E-state index in [1.54, 1.807) is 31.2 Å². The summed E-state index contributed by atoms with van der Waals surface area (Å²) in [5.41, 5.74) is 3.33. The molecule has 0 aliphatic rings. The summed E-state index contributed by atoms with van der Waals surface area (Å²) in [5, 5.41) is 4.37. The van der Waals surface area contributed by atoms with Gasteiger partial charge in [-0.2, -0.15) is 0 Å². The van der Waals surface area contributed by atoms with E-state index < -0.39 is 0 Å². The van der Waals surface area contributed by atoms with Gasteiger partial charge < -0.3 is 14.8 Å². The number of benzene rings is 3. The molecule has 0 spiro atoms. The van der Waals surface area contributed by atoms with Gasteiger partial charge in [0, 0.05) is 22.3 Å². The number of ether oxygens (including phenoxy) is 2. The highest BCUT2D eigenvalue weighted by Crippen LogP contribution is 2.27. The van der Waals surface area contributed by atoms with E-state index in [1.807, 2.05) is 36.4 Å². The molecule has 0 aromatic heterocycles. The van der Waals surface area contributed by atoms with E-state index in [0.717, 1.165) is 27.0 Å². The first-order valence-corrected chi connectivity index (χ1v) is 10.9. The average Bonchev–Trinajstić information content (AvgIpc) is 2.74. The number of halogens is 3. The SMILES string of the molecule is CCOC(=O)c1ccc(NCc2cc(Br)ccc2OCc2ccc(Cl)c(Cl)c2)cc1. The zero-order valence-electron chi connectivity index (χ0n) is 16.3. The predicted octanol–water partition coefficient (Wildman–Crippen LogP) is 7.12. The van der Waals surface area contributed by atoms with Gasteiger partial charge in [0.1, 0.15) is 12.4 Å². The van der Waals surface area contributed by atoms with Crippen LogP contribution >= 0.6 is 39.1 Å². The van der Waals surface area contributed by atoms with Crippen molar-refractivity contribution < 1.29 is 14.3 Å². The zero-order chi connectivity index (χ0) is 21.5. The lowest BCUT2D eigenvalue weighted by Crippen LogP contribution is -2.06. The van der Waals surface area contributed by atoms with Gasteiger partial charge in [-0.15, -0.1) is 0 Å². The first kappa shape index (κ1) is 22.5. The van der Waals surface area contributed by atoms with Crippen molar-refractivity contribution in [1.29, 1.82) is 0 Å². The largest absolute Gasteiger partial charge is 0.489 e. The van der Waals surface area contributed by atoms with Crippen molar-refractivity contribution in [3.63, 3.8) is 0 Å². The van der Waals surface area contributed by atoms with Crippen LogP contribution in [0.4, 0.5) is 5.69 Å². The maximum Gasteiger partial charge on any atom is 0.338 e. The molecule has 30 heavy (non-hydrogen) atoms. The second kappa shape index (κ2) is 10.7. The third-order valence-corrected chi connectivity index (χ3v) is 5.51. The topological polar surface area (TPSA) is 47.6 Å². The molecule has 0 fully saturated rings. The van der Waals surface area contributed by atoms with Crippen LogP contribution in [-0.4, -0.2) is 12.6 Å². The molecule has 3 rings (SSSR count). The summed E-state index contributed by atoms with van der Waals surface area (Å²) in [4.78, 5) is 11.8. The first-order chi connectivity index (χ1) is 14.5. The second-order valence-electron chi connectivity index (χ2n) is 6.44. The number of rotatable bonds is 8. The standard InChI is InChI=1S/C23H20BrCl2NO3/c1-2-29-23(28)16-4-7-19(8-5-16)27-13-17-12-18(24)6-10-22(17)30-14-15-3-9-20(25)21(26)11-15/h3-12,27H,2,13-14H2,1H3. The van der Waals surface area contributed by atoms with E-state index >= 15 is 0 Å². The fourth-order valence-corrected chi connectivity index (χ4v) is 3.48. The number of carbonyl (C=O) groups is 1. The van der Waals surface area contributed by atoms with Crippen molar-refractivity contribution in [2.45, 2.75) is 20.1 Å². The van der Waals surface area contributed by atoms with Gasteiger partial charge in [-0.25, -0.2) is 4.79 Å². The predicted molar refractivity (Wildman–Crippen MR) is 125 cm³/mol. The highest BCUT2D eigenvalue weighted by Gasteiger charge is 2.08. The number of hydrogen-bond acceptors (Lipinski definition) is 4. The Kier molecular flexibility index (Phi) is 8.02. The summed E-state index contributed by atoms with van der Waals surface area (Å²) in [6.45, 7) is 3.06. The molecule has 0 radical (unpaired) electrons. The van der Waals surface area contributed by atoms with Gasteiger partial charge in [0.15, 0.2) is 0 Å². The molecule has 1 N–H and O–H groups in total. The van der Waals surface area contributed by atoms with Crippen molar-refractivity contribution in [3.8, 4) is 5.75 Å². The Morgan fingerprint density at radius 1 is 1.00 bits per heavy atom. The maximum absolute atomic E-state index is 11.8. The van der Waals surface area contributed by atoms with Crippen LogP contribution in [0.3, 0.4) is 0 Å². The van der Waals surface area contributed by atoms with Gasteiger partial charge in [0.2, 0.25) is 0 Å². The molecule has 0 saturated heterocycles. The third-order valence-electron chi connectivity index (χ3n) is 4.28. The minimum absolute atomic E-state index is 0.325. The summed E-state index contributed by atoms with van der Waals surface area (Å²) in [6, 6.07) is 18.5. The first-order valence-electron chi connectivity index (χ1n) is 9.32. The van der Waals surface area contributed by atoms with Gasteiger partial charge >= 0.3 is 5.97 Å².